The molecule has 1 N–H and O–H groups in total. The quantitative estimate of drug-likeness (QED) is 0.868. The molecule has 1 unspecified atom stereocenters. The third-order valence-electron chi connectivity index (χ3n) is 3.03. The fraction of sp³-hybridized carbons (Fsp3) is 0.429. The highest BCUT2D eigenvalue weighted by Gasteiger charge is 2.24. The third-order valence-corrected chi connectivity index (χ3v) is 4.32. The number of aromatic nitrogens is 2. The first-order chi connectivity index (χ1) is 9.54. The highest BCUT2D eigenvalue weighted by atomic mass is 79.9. The number of nitrogens with zero attached hydrogens (tertiary/aromatic N) is 2. The van der Waals surface area contributed by atoms with E-state index in [4.69, 9.17) is 0 Å². The normalized spacial score (nSPS) is 12.9. The van der Waals surface area contributed by atoms with Gasteiger partial charge in [-0.3, -0.25) is 0 Å². The third kappa shape index (κ3) is 3.24. The maximum absolute atomic E-state index is 14.2. The summed E-state index contributed by atoms with van der Waals surface area (Å²) in [7, 11) is 0. The fourth-order valence-corrected chi connectivity index (χ4v) is 3.37. The second-order valence-corrected chi connectivity index (χ2v) is 6.54. The molecular formula is C14H17BrFN3S. The number of hydrogen-bond acceptors (Lipinski definition) is 4. The molecule has 2 aromatic rings. The van der Waals surface area contributed by atoms with Crippen LogP contribution in [0.3, 0.4) is 0 Å². The van der Waals surface area contributed by atoms with E-state index in [1.54, 1.807) is 6.07 Å². The first-order valence-electron chi connectivity index (χ1n) is 6.55. The zero-order chi connectivity index (χ0) is 14.7. The smallest absolute Gasteiger partial charge is 0.128 e. The van der Waals surface area contributed by atoms with Gasteiger partial charge < -0.3 is 5.32 Å². The van der Waals surface area contributed by atoms with E-state index in [0.29, 0.717) is 5.56 Å². The van der Waals surface area contributed by atoms with E-state index in [1.165, 1.54) is 17.6 Å². The molecule has 0 aliphatic carbocycles. The van der Waals surface area contributed by atoms with Crippen molar-refractivity contribution in [1.29, 1.82) is 0 Å². The Morgan fingerprint density at radius 2 is 2.15 bits per heavy atom. The van der Waals surface area contributed by atoms with Gasteiger partial charge in [-0.15, -0.1) is 5.10 Å². The van der Waals surface area contributed by atoms with Gasteiger partial charge in [-0.1, -0.05) is 41.2 Å². The monoisotopic (exact) mass is 357 g/mol. The van der Waals surface area contributed by atoms with Crippen LogP contribution in [-0.4, -0.2) is 16.1 Å². The molecule has 108 valence electrons. The Morgan fingerprint density at radius 3 is 2.80 bits per heavy atom. The molecule has 0 saturated heterocycles. The lowest BCUT2D eigenvalue weighted by Gasteiger charge is -2.19. The molecule has 1 aromatic heterocycles. The summed E-state index contributed by atoms with van der Waals surface area (Å²) in [5.41, 5.74) is 1.55. The van der Waals surface area contributed by atoms with Gasteiger partial charge in [0.25, 0.3) is 0 Å². The van der Waals surface area contributed by atoms with E-state index < -0.39 is 0 Å². The summed E-state index contributed by atoms with van der Waals surface area (Å²) in [6, 6.07) is 4.78. The Balaban J connectivity index is 2.50. The predicted molar refractivity (Wildman–Crippen MR) is 83.6 cm³/mol. The minimum absolute atomic E-state index is 0.213. The SMILES string of the molecule is CCNC(c1cc(Br)ccc1F)c1snnc1C(C)C. The lowest BCUT2D eigenvalue weighted by Crippen LogP contribution is -2.23. The van der Waals surface area contributed by atoms with Crippen molar-refractivity contribution < 1.29 is 4.39 Å². The Labute approximate surface area is 130 Å². The largest absolute Gasteiger partial charge is 0.306 e. The van der Waals surface area contributed by atoms with Crippen LogP contribution in [0.2, 0.25) is 0 Å². The van der Waals surface area contributed by atoms with Gasteiger partial charge in [0.15, 0.2) is 0 Å². The first-order valence-corrected chi connectivity index (χ1v) is 8.11. The van der Waals surface area contributed by atoms with E-state index in [2.05, 4.69) is 44.7 Å². The molecular weight excluding hydrogens is 341 g/mol. The molecule has 6 heteroatoms. The van der Waals surface area contributed by atoms with Crippen LogP contribution >= 0.6 is 27.5 Å². The van der Waals surface area contributed by atoms with Gasteiger partial charge in [0.1, 0.15) is 5.82 Å². The second-order valence-electron chi connectivity index (χ2n) is 4.83. The minimum atomic E-state index is -0.220. The molecule has 0 amide bonds. The fourth-order valence-electron chi connectivity index (χ4n) is 2.09. The van der Waals surface area contributed by atoms with Gasteiger partial charge >= 0.3 is 0 Å². The van der Waals surface area contributed by atoms with E-state index >= 15 is 0 Å². The molecule has 1 aromatic carbocycles. The summed E-state index contributed by atoms with van der Waals surface area (Å²) < 4.78 is 19.1. The summed E-state index contributed by atoms with van der Waals surface area (Å²) in [4.78, 5) is 0.985. The minimum Gasteiger partial charge on any atom is -0.306 e. The van der Waals surface area contributed by atoms with Crippen LogP contribution < -0.4 is 5.32 Å². The van der Waals surface area contributed by atoms with Crippen molar-refractivity contribution in [3.63, 3.8) is 0 Å². The van der Waals surface area contributed by atoms with Crippen molar-refractivity contribution in [3.05, 3.63) is 44.6 Å². The first kappa shape index (κ1) is 15.5. The number of nitrogens with one attached hydrogen (secondary N) is 1. The predicted octanol–water partition coefficient (Wildman–Crippen LogP) is 4.26. The molecule has 0 aliphatic heterocycles. The molecule has 3 nitrogen and oxygen atoms in total. The molecule has 0 fully saturated rings. The molecule has 0 spiro atoms. The maximum atomic E-state index is 14.2. The molecule has 20 heavy (non-hydrogen) atoms. The molecule has 0 radical (unpaired) electrons. The van der Waals surface area contributed by atoms with Gasteiger partial charge in [0, 0.05) is 10.0 Å². The van der Waals surface area contributed by atoms with Crippen molar-refractivity contribution in [2.45, 2.75) is 32.7 Å². The molecule has 2 rings (SSSR count). The van der Waals surface area contributed by atoms with Gasteiger partial charge in [-0.05, 0) is 42.2 Å². The molecule has 1 atom stereocenters. The summed E-state index contributed by atoms with van der Waals surface area (Å²) in [6.45, 7) is 6.89. The number of hydrogen-bond donors (Lipinski definition) is 1. The number of halogens is 2. The van der Waals surface area contributed by atoms with Crippen LogP contribution in [0, 0.1) is 5.82 Å². The van der Waals surface area contributed by atoms with Gasteiger partial charge in [-0.2, -0.15) is 0 Å². The van der Waals surface area contributed by atoms with E-state index in [1.807, 2.05) is 13.0 Å². The maximum Gasteiger partial charge on any atom is 0.128 e. The highest BCUT2D eigenvalue weighted by Crippen LogP contribution is 2.33. The van der Waals surface area contributed by atoms with Crippen molar-refractivity contribution in [2.75, 3.05) is 6.54 Å². The van der Waals surface area contributed by atoms with E-state index in [9.17, 15) is 4.39 Å². The summed E-state index contributed by atoms with van der Waals surface area (Å²) >= 11 is 4.73. The summed E-state index contributed by atoms with van der Waals surface area (Å²) in [5, 5.41) is 7.53. The summed E-state index contributed by atoms with van der Waals surface area (Å²) in [5.74, 6) is 0.0439. The van der Waals surface area contributed by atoms with Crippen molar-refractivity contribution >= 4 is 27.5 Å². The average Bonchev–Trinajstić information content (AvgIpc) is 2.88. The van der Waals surface area contributed by atoms with Crippen molar-refractivity contribution in [2.24, 2.45) is 0 Å². The standard InChI is InChI=1S/C14H17BrFN3S/c1-4-17-13(10-7-9(15)5-6-11(10)16)14-12(8(2)3)18-19-20-14/h5-8,13,17H,4H2,1-3H3. The Hall–Kier alpha value is -0.850. The lowest BCUT2D eigenvalue weighted by molar-refractivity contribution is 0.558. The molecule has 0 bridgehead atoms. The van der Waals surface area contributed by atoms with Gasteiger partial charge in [-0.25, -0.2) is 4.39 Å². The van der Waals surface area contributed by atoms with Gasteiger partial charge in [0.2, 0.25) is 0 Å². The van der Waals surface area contributed by atoms with Crippen molar-refractivity contribution in [1.82, 2.24) is 14.9 Å². The van der Waals surface area contributed by atoms with Crippen LogP contribution in [0.15, 0.2) is 22.7 Å². The zero-order valence-electron chi connectivity index (χ0n) is 11.7. The second kappa shape index (κ2) is 6.74. The summed E-state index contributed by atoms with van der Waals surface area (Å²) in [6.07, 6.45) is 0. The van der Waals surface area contributed by atoms with Gasteiger partial charge in [0.05, 0.1) is 16.6 Å². The van der Waals surface area contributed by atoms with Crippen LogP contribution in [0.5, 0.6) is 0 Å². The topological polar surface area (TPSA) is 37.8 Å². The number of rotatable bonds is 5. The zero-order valence-corrected chi connectivity index (χ0v) is 14.1. The number of benzene rings is 1. The van der Waals surface area contributed by atoms with Crippen molar-refractivity contribution in [3.8, 4) is 0 Å². The lowest BCUT2D eigenvalue weighted by atomic mass is 9.99. The van der Waals surface area contributed by atoms with E-state index in [-0.39, 0.29) is 17.8 Å². The molecule has 0 aliphatic rings. The Morgan fingerprint density at radius 1 is 1.40 bits per heavy atom. The van der Waals surface area contributed by atoms with Crippen LogP contribution in [0.25, 0.3) is 0 Å². The van der Waals surface area contributed by atoms with E-state index in [0.717, 1.165) is 21.6 Å². The Kier molecular flexibility index (Phi) is 5.23. The highest BCUT2D eigenvalue weighted by molar-refractivity contribution is 9.10. The Bertz CT molecular complexity index is 586. The average molecular weight is 358 g/mol. The van der Waals surface area contributed by atoms with Crippen LogP contribution in [0.4, 0.5) is 4.39 Å². The molecule has 0 saturated carbocycles. The van der Waals surface area contributed by atoms with Crippen LogP contribution in [0.1, 0.15) is 48.9 Å². The van der Waals surface area contributed by atoms with Crippen LogP contribution in [-0.2, 0) is 0 Å². The molecule has 1 heterocycles.